The summed E-state index contributed by atoms with van der Waals surface area (Å²) in [6, 6.07) is 5.88. The average molecular weight is 222 g/mol. The maximum absolute atomic E-state index is 12.6. The van der Waals surface area contributed by atoms with E-state index in [0.717, 1.165) is 10.8 Å². The largest absolute Gasteiger partial charge is 0.493 e. The first kappa shape index (κ1) is 10.7. The van der Waals surface area contributed by atoms with Gasteiger partial charge in [-0.15, -0.1) is 0 Å². The Morgan fingerprint density at radius 3 is 2.92 bits per heavy atom. The van der Waals surface area contributed by atoms with E-state index >= 15 is 0 Å². The quantitative estimate of drug-likeness (QED) is 0.557. The normalized spacial score (nSPS) is 10.0. The van der Waals surface area contributed by atoms with Crippen LogP contribution in [0.1, 0.15) is 0 Å². The third-order valence-electron chi connectivity index (χ3n) is 1.28. The lowest BCUT2D eigenvalue weighted by Gasteiger charge is -2.03. The number of halogens is 2. The van der Waals surface area contributed by atoms with E-state index in [4.69, 9.17) is 4.74 Å². The van der Waals surface area contributed by atoms with Gasteiger partial charge in [0.05, 0.1) is 6.61 Å². The second-order valence-electron chi connectivity index (χ2n) is 2.19. The van der Waals surface area contributed by atoms with Crippen molar-refractivity contribution >= 4 is 22.0 Å². The standard InChI is InChI=1S/C8H8F2OS2/c9-7-2-1-3-8(6-7)11-4-5-12-13-10/h1-3,6H,4-5H2. The lowest BCUT2D eigenvalue weighted by atomic mass is 10.3. The number of hydrogen-bond acceptors (Lipinski definition) is 3. The molecule has 1 rings (SSSR count). The van der Waals surface area contributed by atoms with E-state index < -0.39 is 0 Å². The summed E-state index contributed by atoms with van der Waals surface area (Å²) >= 11 is 0.203. The van der Waals surface area contributed by atoms with E-state index in [2.05, 4.69) is 0 Å². The minimum Gasteiger partial charge on any atom is -0.493 e. The average Bonchev–Trinajstić information content (AvgIpc) is 2.13. The highest BCUT2D eigenvalue weighted by atomic mass is 33.1. The van der Waals surface area contributed by atoms with Gasteiger partial charge in [0.1, 0.15) is 22.7 Å². The monoisotopic (exact) mass is 222 g/mol. The van der Waals surface area contributed by atoms with Gasteiger partial charge < -0.3 is 4.74 Å². The van der Waals surface area contributed by atoms with Crippen molar-refractivity contribution in [1.29, 1.82) is 0 Å². The van der Waals surface area contributed by atoms with Gasteiger partial charge in [-0.2, -0.15) is 3.89 Å². The van der Waals surface area contributed by atoms with Crippen molar-refractivity contribution in [2.24, 2.45) is 0 Å². The second-order valence-corrected chi connectivity index (χ2v) is 4.05. The zero-order valence-electron chi connectivity index (χ0n) is 6.70. The van der Waals surface area contributed by atoms with Crippen LogP contribution in [0.2, 0.25) is 0 Å². The summed E-state index contributed by atoms with van der Waals surface area (Å²) in [6.45, 7) is 0.380. The van der Waals surface area contributed by atoms with Crippen LogP contribution >= 0.6 is 22.0 Å². The van der Waals surface area contributed by atoms with Crippen molar-refractivity contribution in [2.45, 2.75) is 0 Å². The maximum atomic E-state index is 12.6. The molecule has 0 unspecified atom stereocenters. The summed E-state index contributed by atoms with van der Waals surface area (Å²) in [4.78, 5) is 0. The lowest BCUT2D eigenvalue weighted by Crippen LogP contribution is -1.98. The molecule has 0 heterocycles. The van der Waals surface area contributed by atoms with Crippen molar-refractivity contribution in [1.82, 2.24) is 0 Å². The third-order valence-corrected chi connectivity index (χ3v) is 2.47. The number of rotatable bonds is 5. The Labute approximate surface area is 83.5 Å². The highest BCUT2D eigenvalue weighted by Crippen LogP contribution is 2.21. The predicted molar refractivity (Wildman–Crippen MR) is 53.1 cm³/mol. The van der Waals surface area contributed by atoms with Crippen molar-refractivity contribution in [3.63, 3.8) is 0 Å². The summed E-state index contributed by atoms with van der Waals surface area (Å²) in [5.41, 5.74) is 0. The Balaban J connectivity index is 2.28. The summed E-state index contributed by atoms with van der Waals surface area (Å²) < 4.78 is 29.3. The Morgan fingerprint density at radius 2 is 2.23 bits per heavy atom. The predicted octanol–water partition coefficient (Wildman–Crippen LogP) is 3.47. The smallest absolute Gasteiger partial charge is 0.126 e. The van der Waals surface area contributed by atoms with Crippen LogP contribution in [0.15, 0.2) is 24.3 Å². The molecule has 0 aliphatic carbocycles. The van der Waals surface area contributed by atoms with E-state index in [0.29, 0.717) is 18.1 Å². The minimum atomic E-state index is -0.329. The first-order valence-electron chi connectivity index (χ1n) is 3.61. The Hall–Kier alpha value is -0.420. The van der Waals surface area contributed by atoms with Gasteiger partial charge in [0.15, 0.2) is 0 Å². The van der Waals surface area contributed by atoms with Crippen LogP contribution in [0.25, 0.3) is 0 Å². The molecule has 0 saturated carbocycles. The third kappa shape index (κ3) is 4.38. The van der Waals surface area contributed by atoms with Crippen LogP contribution in [0.5, 0.6) is 5.75 Å². The molecule has 0 fully saturated rings. The molecule has 1 nitrogen and oxygen atoms in total. The molecule has 1 aromatic rings. The van der Waals surface area contributed by atoms with Crippen LogP contribution in [0, 0.1) is 5.82 Å². The first-order chi connectivity index (χ1) is 6.33. The Kier molecular flexibility index (Phi) is 5.00. The Morgan fingerprint density at radius 1 is 1.38 bits per heavy atom. The van der Waals surface area contributed by atoms with Gasteiger partial charge in [-0.05, 0) is 12.1 Å². The van der Waals surface area contributed by atoms with Gasteiger partial charge in [-0.1, -0.05) is 16.9 Å². The molecule has 0 aliphatic rings. The molecular formula is C8H8F2OS2. The topological polar surface area (TPSA) is 9.23 Å². The van der Waals surface area contributed by atoms with Gasteiger partial charge >= 0.3 is 0 Å². The zero-order chi connectivity index (χ0) is 9.52. The van der Waals surface area contributed by atoms with Crippen LogP contribution in [0.3, 0.4) is 0 Å². The van der Waals surface area contributed by atoms with Crippen molar-refractivity contribution in [3.05, 3.63) is 30.1 Å². The first-order valence-corrected chi connectivity index (χ1v) is 5.83. The van der Waals surface area contributed by atoms with Crippen LogP contribution < -0.4 is 4.74 Å². The van der Waals surface area contributed by atoms with E-state index in [1.807, 2.05) is 0 Å². The molecular weight excluding hydrogens is 214 g/mol. The molecule has 13 heavy (non-hydrogen) atoms. The highest BCUT2D eigenvalue weighted by Gasteiger charge is 1.95. The molecule has 0 aromatic heterocycles. The molecule has 0 amide bonds. The molecule has 0 spiro atoms. The van der Waals surface area contributed by atoms with E-state index in [-0.39, 0.29) is 17.0 Å². The van der Waals surface area contributed by atoms with E-state index in [1.165, 1.54) is 12.1 Å². The molecule has 0 saturated heterocycles. The summed E-state index contributed by atoms with van der Waals surface area (Å²) in [7, 11) is 1.06. The lowest BCUT2D eigenvalue weighted by molar-refractivity contribution is 0.342. The zero-order valence-corrected chi connectivity index (χ0v) is 8.34. The van der Waals surface area contributed by atoms with Crippen molar-refractivity contribution < 1.29 is 13.0 Å². The fourth-order valence-electron chi connectivity index (χ4n) is 0.782. The molecule has 72 valence electrons. The second kappa shape index (κ2) is 6.10. The van der Waals surface area contributed by atoms with Gasteiger partial charge in [-0.25, -0.2) is 4.39 Å². The van der Waals surface area contributed by atoms with Crippen molar-refractivity contribution in [3.8, 4) is 5.75 Å². The highest BCUT2D eigenvalue weighted by molar-refractivity contribution is 8.74. The molecule has 1 aromatic carbocycles. The van der Waals surface area contributed by atoms with Gasteiger partial charge in [-0.3, -0.25) is 0 Å². The molecule has 0 N–H and O–H groups in total. The fraction of sp³-hybridized carbons (Fsp3) is 0.250. The number of hydrogen-bond donors (Lipinski definition) is 0. The SMILES string of the molecule is FSSCCOc1cccc(F)c1. The van der Waals surface area contributed by atoms with Gasteiger partial charge in [0, 0.05) is 11.8 Å². The molecule has 0 aliphatic heterocycles. The fourth-order valence-corrected chi connectivity index (χ4v) is 1.39. The summed E-state index contributed by atoms with van der Waals surface area (Å²) in [5, 5.41) is 0. The number of benzene rings is 1. The van der Waals surface area contributed by atoms with Crippen molar-refractivity contribution in [2.75, 3.05) is 12.4 Å². The maximum Gasteiger partial charge on any atom is 0.126 e. The summed E-state index contributed by atoms with van der Waals surface area (Å²) in [6.07, 6.45) is 0. The van der Waals surface area contributed by atoms with Crippen LogP contribution in [-0.4, -0.2) is 12.4 Å². The molecule has 0 radical (unpaired) electrons. The molecule has 0 bridgehead atoms. The summed E-state index contributed by atoms with van der Waals surface area (Å²) in [5.74, 6) is 0.687. The molecule has 0 atom stereocenters. The van der Waals surface area contributed by atoms with Gasteiger partial charge in [0.25, 0.3) is 0 Å². The molecule has 5 heteroatoms. The number of ether oxygens (including phenoxy) is 1. The van der Waals surface area contributed by atoms with Crippen LogP contribution in [0.4, 0.5) is 8.28 Å². The minimum absolute atomic E-state index is 0.203. The Bertz CT molecular complexity index is 258. The van der Waals surface area contributed by atoms with E-state index in [1.54, 1.807) is 12.1 Å². The van der Waals surface area contributed by atoms with E-state index in [9.17, 15) is 8.28 Å². The van der Waals surface area contributed by atoms with Crippen LogP contribution in [-0.2, 0) is 0 Å². The van der Waals surface area contributed by atoms with Gasteiger partial charge in [0.2, 0.25) is 0 Å².